The van der Waals surface area contributed by atoms with Crippen LogP contribution in [0.1, 0.15) is 6.92 Å². The van der Waals surface area contributed by atoms with Crippen LogP contribution in [0.2, 0.25) is 0 Å². The Morgan fingerprint density at radius 3 is 2.67 bits per heavy atom. The van der Waals surface area contributed by atoms with Crippen LogP contribution < -0.4 is 0 Å². The molecule has 0 unspecified atom stereocenters. The molecule has 0 aromatic heterocycles. The van der Waals surface area contributed by atoms with Gasteiger partial charge in [0.2, 0.25) is 5.91 Å². The first-order valence-corrected chi connectivity index (χ1v) is 3.00. The smallest absolute Gasteiger partial charge is 0.219 e. The van der Waals surface area contributed by atoms with Crippen molar-refractivity contribution >= 4 is 12.1 Å². The molecule has 1 aliphatic rings. The number of carbonyl (C=O) groups excluding carboxylic acids is 1. The van der Waals surface area contributed by atoms with Gasteiger partial charge >= 0.3 is 0 Å². The highest BCUT2D eigenvalue weighted by Crippen LogP contribution is 2.11. The van der Waals surface area contributed by atoms with Crippen LogP contribution in [-0.2, 0) is 4.79 Å². The zero-order chi connectivity index (χ0) is 6.85. The fraction of sp³-hybridized carbons (Fsp3) is 0.667. The van der Waals surface area contributed by atoms with Gasteiger partial charge in [-0.25, -0.2) is 0 Å². The molecule has 1 amide bonds. The summed E-state index contributed by atoms with van der Waals surface area (Å²) in [6.45, 7) is 3.05. The van der Waals surface area contributed by atoms with Gasteiger partial charge in [-0.15, -0.1) is 0 Å². The number of rotatable bonds is 1. The average Bonchev–Trinajstić information content (AvgIpc) is 1.61. The summed E-state index contributed by atoms with van der Waals surface area (Å²) in [5.74, 6) is 0.446. The van der Waals surface area contributed by atoms with Crippen LogP contribution in [0.4, 0.5) is 0 Å². The van der Waals surface area contributed by atoms with E-state index in [0.717, 1.165) is 13.1 Å². The molecule has 1 aliphatic heterocycles. The molecule has 0 aromatic carbocycles. The van der Waals surface area contributed by atoms with E-state index in [1.807, 2.05) is 0 Å². The first-order chi connectivity index (χ1) is 4.24. The van der Waals surface area contributed by atoms with Crippen molar-refractivity contribution in [3.63, 3.8) is 0 Å². The van der Waals surface area contributed by atoms with E-state index < -0.39 is 0 Å². The lowest BCUT2D eigenvalue weighted by molar-refractivity contribution is -0.133. The molecule has 0 radical (unpaired) electrons. The van der Waals surface area contributed by atoms with Crippen LogP contribution in [0.5, 0.6) is 0 Å². The summed E-state index contributed by atoms with van der Waals surface area (Å²) in [5, 5.41) is 6.83. The van der Waals surface area contributed by atoms with Gasteiger partial charge < -0.3 is 10.3 Å². The molecule has 1 N–H and O–H groups in total. The van der Waals surface area contributed by atoms with E-state index in [-0.39, 0.29) is 5.91 Å². The minimum absolute atomic E-state index is 0.119. The third-order valence-electron chi connectivity index (χ3n) is 1.59. The van der Waals surface area contributed by atoms with Crippen molar-refractivity contribution in [3.8, 4) is 0 Å². The summed E-state index contributed by atoms with van der Waals surface area (Å²) in [5.41, 5.74) is 0. The molecular weight excluding hydrogens is 116 g/mol. The van der Waals surface area contributed by atoms with E-state index in [2.05, 4.69) is 0 Å². The first-order valence-electron chi connectivity index (χ1n) is 3.00. The third kappa shape index (κ3) is 1.09. The van der Waals surface area contributed by atoms with Gasteiger partial charge in [0.25, 0.3) is 0 Å². The monoisotopic (exact) mass is 126 g/mol. The highest BCUT2D eigenvalue weighted by molar-refractivity contribution is 5.76. The Balaban J connectivity index is 2.26. The van der Waals surface area contributed by atoms with E-state index in [1.54, 1.807) is 11.8 Å². The molecule has 3 heteroatoms. The summed E-state index contributed by atoms with van der Waals surface area (Å²) in [6.07, 6.45) is 1.40. The van der Waals surface area contributed by atoms with Gasteiger partial charge in [-0.1, -0.05) is 0 Å². The third-order valence-corrected chi connectivity index (χ3v) is 1.59. The van der Waals surface area contributed by atoms with E-state index >= 15 is 0 Å². The largest absolute Gasteiger partial charge is 0.342 e. The predicted octanol–water partition coefficient (Wildman–Crippen LogP) is 0.114. The number of hydrogen-bond donors (Lipinski definition) is 1. The molecule has 1 saturated heterocycles. The first kappa shape index (κ1) is 6.26. The Hall–Kier alpha value is -0.860. The van der Waals surface area contributed by atoms with Crippen LogP contribution in [0, 0.1) is 11.3 Å². The lowest BCUT2D eigenvalue weighted by atomic mass is 10.0. The second-order valence-electron chi connectivity index (χ2n) is 2.35. The molecule has 0 bridgehead atoms. The van der Waals surface area contributed by atoms with Gasteiger partial charge in [-0.05, 0) is 0 Å². The molecule has 1 fully saturated rings. The maximum absolute atomic E-state index is 10.5. The van der Waals surface area contributed by atoms with Crippen LogP contribution in [0.3, 0.4) is 0 Å². The van der Waals surface area contributed by atoms with Gasteiger partial charge in [0.05, 0.1) is 0 Å². The zero-order valence-corrected chi connectivity index (χ0v) is 5.42. The number of hydrogen-bond acceptors (Lipinski definition) is 2. The fourth-order valence-corrected chi connectivity index (χ4v) is 0.875. The highest BCUT2D eigenvalue weighted by Gasteiger charge is 2.25. The quantitative estimate of drug-likeness (QED) is 0.498. The fourth-order valence-electron chi connectivity index (χ4n) is 0.875. The molecule has 0 aliphatic carbocycles. The highest BCUT2D eigenvalue weighted by atomic mass is 16.2. The topological polar surface area (TPSA) is 44.2 Å². The molecule has 0 atom stereocenters. The second kappa shape index (κ2) is 2.17. The number of nitrogens with zero attached hydrogens (tertiary/aromatic N) is 1. The van der Waals surface area contributed by atoms with Gasteiger partial charge in [0.1, 0.15) is 0 Å². The number of likely N-dealkylation sites (tertiary alicyclic amines) is 1. The van der Waals surface area contributed by atoms with Gasteiger partial charge in [0, 0.05) is 32.1 Å². The summed E-state index contributed by atoms with van der Waals surface area (Å²) >= 11 is 0. The van der Waals surface area contributed by atoms with Crippen molar-refractivity contribution in [2.45, 2.75) is 6.92 Å². The van der Waals surface area contributed by atoms with Crippen molar-refractivity contribution in [3.05, 3.63) is 0 Å². The normalized spacial score (nSPS) is 19.0. The van der Waals surface area contributed by atoms with Crippen molar-refractivity contribution in [2.75, 3.05) is 13.1 Å². The van der Waals surface area contributed by atoms with Crippen molar-refractivity contribution in [2.24, 2.45) is 5.92 Å². The number of carbonyl (C=O) groups is 1. The molecule has 0 aromatic rings. The van der Waals surface area contributed by atoms with Crippen LogP contribution in [0.15, 0.2) is 0 Å². The molecule has 9 heavy (non-hydrogen) atoms. The Morgan fingerprint density at radius 2 is 2.33 bits per heavy atom. The van der Waals surface area contributed by atoms with Crippen LogP contribution in [0.25, 0.3) is 0 Å². The van der Waals surface area contributed by atoms with E-state index in [9.17, 15) is 4.79 Å². The molecule has 3 nitrogen and oxygen atoms in total. The molecule has 1 rings (SSSR count). The van der Waals surface area contributed by atoms with E-state index in [4.69, 9.17) is 5.41 Å². The summed E-state index contributed by atoms with van der Waals surface area (Å²) < 4.78 is 0. The molecule has 1 heterocycles. The van der Waals surface area contributed by atoms with E-state index in [0.29, 0.717) is 5.92 Å². The van der Waals surface area contributed by atoms with Crippen molar-refractivity contribution in [1.82, 2.24) is 4.90 Å². The predicted molar refractivity (Wildman–Crippen MR) is 34.5 cm³/mol. The second-order valence-corrected chi connectivity index (χ2v) is 2.35. The standard InChI is InChI=1S/C6H10N2O/c1-5(9)8-3-6(2-7)4-8/h2,6-7H,3-4H2,1H3. The number of amides is 1. The summed E-state index contributed by atoms with van der Waals surface area (Å²) in [7, 11) is 0. The van der Waals surface area contributed by atoms with Gasteiger partial charge in [0.15, 0.2) is 0 Å². The Morgan fingerprint density at radius 1 is 1.78 bits per heavy atom. The Bertz CT molecular complexity index is 138. The lowest BCUT2D eigenvalue weighted by Gasteiger charge is -2.36. The SMILES string of the molecule is CC(=O)N1CC(C=N)C1. The Labute approximate surface area is 54.2 Å². The summed E-state index contributed by atoms with van der Waals surface area (Å²) in [4.78, 5) is 12.3. The summed E-state index contributed by atoms with van der Waals surface area (Å²) in [6, 6.07) is 0. The molecule has 0 spiro atoms. The van der Waals surface area contributed by atoms with E-state index in [1.165, 1.54) is 6.21 Å². The Kier molecular flexibility index (Phi) is 1.51. The zero-order valence-electron chi connectivity index (χ0n) is 5.42. The number of nitrogens with one attached hydrogen (secondary N) is 1. The average molecular weight is 126 g/mol. The molecular formula is C6H10N2O. The van der Waals surface area contributed by atoms with Crippen molar-refractivity contribution in [1.29, 1.82) is 5.41 Å². The van der Waals surface area contributed by atoms with Crippen LogP contribution in [-0.4, -0.2) is 30.1 Å². The van der Waals surface area contributed by atoms with Gasteiger partial charge in [-0.3, -0.25) is 4.79 Å². The minimum atomic E-state index is 0.119. The minimum Gasteiger partial charge on any atom is -0.342 e. The molecule has 0 saturated carbocycles. The van der Waals surface area contributed by atoms with Crippen molar-refractivity contribution < 1.29 is 4.79 Å². The van der Waals surface area contributed by atoms with Gasteiger partial charge in [-0.2, -0.15) is 0 Å². The molecule has 50 valence electrons. The maximum atomic E-state index is 10.5. The lowest BCUT2D eigenvalue weighted by Crippen LogP contribution is -2.49. The maximum Gasteiger partial charge on any atom is 0.219 e. The van der Waals surface area contributed by atoms with Crippen LogP contribution >= 0.6 is 0 Å².